The van der Waals surface area contributed by atoms with Gasteiger partial charge in [0.05, 0.1) is 5.69 Å². The second-order valence-corrected chi connectivity index (χ2v) is 6.40. The molecule has 0 fully saturated rings. The lowest BCUT2D eigenvalue weighted by Crippen LogP contribution is -2.11. The lowest BCUT2D eigenvalue weighted by atomic mass is 10.1. The first kappa shape index (κ1) is 14.7. The van der Waals surface area contributed by atoms with Gasteiger partial charge in [-0.3, -0.25) is 10.1 Å². The normalized spacial score (nSPS) is 10.4. The summed E-state index contributed by atoms with van der Waals surface area (Å²) in [6, 6.07) is 14.7. The zero-order valence-electron chi connectivity index (χ0n) is 11.4. The van der Waals surface area contributed by atoms with Gasteiger partial charge < -0.3 is 5.73 Å². The van der Waals surface area contributed by atoms with Gasteiger partial charge in [0.2, 0.25) is 0 Å². The molecule has 22 heavy (non-hydrogen) atoms. The Morgan fingerprint density at radius 1 is 1.18 bits per heavy atom. The molecule has 1 aromatic heterocycles. The molecule has 3 N–H and O–H groups in total. The van der Waals surface area contributed by atoms with Crippen LogP contribution in [0.3, 0.4) is 0 Å². The van der Waals surface area contributed by atoms with Gasteiger partial charge in [0.25, 0.3) is 5.91 Å². The molecule has 0 atom stereocenters. The number of amides is 1. The maximum absolute atomic E-state index is 12.2. The third kappa shape index (κ3) is 3.35. The monoisotopic (exact) mass is 373 g/mol. The summed E-state index contributed by atoms with van der Waals surface area (Å²) in [6.07, 6.45) is 0. The Bertz CT molecular complexity index is 814. The van der Waals surface area contributed by atoms with Gasteiger partial charge >= 0.3 is 0 Å². The molecular weight excluding hydrogens is 362 g/mol. The van der Waals surface area contributed by atoms with E-state index >= 15 is 0 Å². The zero-order valence-corrected chi connectivity index (χ0v) is 13.8. The quantitative estimate of drug-likeness (QED) is 0.668. The van der Waals surface area contributed by atoms with E-state index in [0.29, 0.717) is 16.4 Å². The average Bonchev–Trinajstić information content (AvgIpc) is 2.96. The lowest BCUT2D eigenvalue weighted by Gasteiger charge is -2.02. The number of nitrogens with two attached hydrogens (primary N) is 1. The van der Waals surface area contributed by atoms with Crippen molar-refractivity contribution in [1.82, 2.24) is 4.98 Å². The molecule has 0 spiro atoms. The van der Waals surface area contributed by atoms with E-state index in [1.807, 2.05) is 41.8 Å². The van der Waals surface area contributed by atoms with Crippen molar-refractivity contribution in [2.24, 2.45) is 0 Å². The summed E-state index contributed by atoms with van der Waals surface area (Å²) in [4.78, 5) is 16.6. The number of rotatable bonds is 3. The van der Waals surface area contributed by atoms with Gasteiger partial charge in [-0.1, -0.05) is 34.1 Å². The Hall–Kier alpha value is -2.18. The van der Waals surface area contributed by atoms with Crippen LogP contribution < -0.4 is 11.1 Å². The van der Waals surface area contributed by atoms with E-state index in [4.69, 9.17) is 5.73 Å². The molecule has 0 aliphatic carbocycles. The Morgan fingerprint density at radius 2 is 1.95 bits per heavy atom. The van der Waals surface area contributed by atoms with Crippen LogP contribution in [0.2, 0.25) is 0 Å². The molecule has 6 heteroatoms. The van der Waals surface area contributed by atoms with Crippen molar-refractivity contribution in [2.75, 3.05) is 11.1 Å². The highest BCUT2D eigenvalue weighted by molar-refractivity contribution is 9.10. The molecule has 2 aromatic carbocycles. The number of hydrogen-bond acceptors (Lipinski definition) is 4. The summed E-state index contributed by atoms with van der Waals surface area (Å²) in [5, 5.41) is 5.28. The minimum absolute atomic E-state index is 0.181. The molecule has 0 radical (unpaired) electrons. The van der Waals surface area contributed by atoms with Crippen LogP contribution in [0.4, 0.5) is 10.8 Å². The van der Waals surface area contributed by atoms with E-state index in [-0.39, 0.29) is 5.91 Å². The fraction of sp³-hybridized carbons (Fsp3) is 0. The second-order valence-electron chi connectivity index (χ2n) is 4.62. The molecule has 0 aliphatic heterocycles. The van der Waals surface area contributed by atoms with Crippen molar-refractivity contribution in [3.8, 4) is 11.3 Å². The van der Waals surface area contributed by atoms with Crippen LogP contribution in [-0.4, -0.2) is 10.9 Å². The van der Waals surface area contributed by atoms with Gasteiger partial charge in [-0.2, -0.15) is 0 Å². The van der Waals surface area contributed by atoms with Crippen LogP contribution in [0.15, 0.2) is 58.4 Å². The largest absolute Gasteiger partial charge is 0.399 e. The topological polar surface area (TPSA) is 68.0 Å². The Morgan fingerprint density at radius 3 is 2.68 bits per heavy atom. The summed E-state index contributed by atoms with van der Waals surface area (Å²) in [5.74, 6) is -0.181. The van der Waals surface area contributed by atoms with E-state index in [1.165, 1.54) is 11.3 Å². The van der Waals surface area contributed by atoms with Crippen LogP contribution >= 0.6 is 27.3 Å². The maximum Gasteiger partial charge on any atom is 0.257 e. The van der Waals surface area contributed by atoms with Gasteiger partial charge in [-0.25, -0.2) is 4.98 Å². The number of carbonyl (C=O) groups is 1. The highest BCUT2D eigenvalue weighted by Crippen LogP contribution is 2.26. The van der Waals surface area contributed by atoms with Crippen LogP contribution in [0.25, 0.3) is 11.3 Å². The molecule has 0 saturated carbocycles. The average molecular weight is 374 g/mol. The summed E-state index contributed by atoms with van der Waals surface area (Å²) in [6.45, 7) is 0. The molecule has 4 nitrogen and oxygen atoms in total. The predicted molar refractivity (Wildman–Crippen MR) is 94.1 cm³/mol. The number of hydrogen-bond donors (Lipinski definition) is 2. The van der Waals surface area contributed by atoms with Gasteiger partial charge in [-0.15, -0.1) is 11.3 Å². The fourth-order valence-corrected chi connectivity index (χ4v) is 3.03. The number of benzene rings is 2. The van der Waals surface area contributed by atoms with Crippen molar-refractivity contribution in [3.63, 3.8) is 0 Å². The van der Waals surface area contributed by atoms with Gasteiger partial charge in [-0.05, 0) is 30.3 Å². The van der Waals surface area contributed by atoms with Crippen molar-refractivity contribution in [1.29, 1.82) is 0 Å². The Balaban J connectivity index is 1.77. The number of nitrogens with zero attached hydrogens (tertiary/aromatic N) is 1. The molecular formula is C16H12BrN3OS. The van der Waals surface area contributed by atoms with E-state index in [1.54, 1.807) is 12.1 Å². The zero-order chi connectivity index (χ0) is 15.5. The van der Waals surface area contributed by atoms with Crippen LogP contribution in [-0.2, 0) is 0 Å². The summed E-state index contributed by atoms with van der Waals surface area (Å²) < 4.78 is 0.863. The molecule has 1 heterocycles. The Kier molecular flexibility index (Phi) is 4.22. The van der Waals surface area contributed by atoms with E-state index < -0.39 is 0 Å². The predicted octanol–water partition coefficient (Wildman–Crippen LogP) is 4.41. The molecule has 1 amide bonds. The lowest BCUT2D eigenvalue weighted by molar-refractivity contribution is 0.102. The van der Waals surface area contributed by atoms with Crippen molar-refractivity contribution in [2.45, 2.75) is 0 Å². The van der Waals surface area contributed by atoms with E-state index in [0.717, 1.165) is 15.7 Å². The third-order valence-corrected chi connectivity index (χ3v) is 4.27. The number of aromatic nitrogens is 1. The molecule has 0 saturated heterocycles. The molecule has 3 rings (SSSR count). The number of nitrogen functional groups attached to an aromatic ring is 1. The molecule has 110 valence electrons. The highest BCUT2D eigenvalue weighted by atomic mass is 79.9. The number of anilines is 2. The first-order chi connectivity index (χ1) is 10.6. The van der Waals surface area contributed by atoms with Crippen LogP contribution in [0, 0.1) is 0 Å². The summed E-state index contributed by atoms with van der Waals surface area (Å²) in [7, 11) is 0. The van der Waals surface area contributed by atoms with E-state index in [2.05, 4.69) is 26.2 Å². The van der Waals surface area contributed by atoms with E-state index in [9.17, 15) is 4.79 Å². The Labute approximate surface area is 140 Å². The second kappa shape index (κ2) is 6.29. The van der Waals surface area contributed by atoms with Crippen LogP contribution in [0.5, 0.6) is 0 Å². The minimum Gasteiger partial charge on any atom is -0.399 e. The number of thiazole rings is 1. The smallest absolute Gasteiger partial charge is 0.257 e. The highest BCUT2D eigenvalue weighted by Gasteiger charge is 2.10. The standard InChI is InChI=1S/C16H12BrN3OS/c17-12-3-1-2-11(8-12)15(21)20-16-19-14(9-22-16)10-4-6-13(18)7-5-10/h1-9H,18H2,(H,19,20,21). The van der Waals surface area contributed by atoms with Gasteiger partial charge in [0, 0.05) is 26.7 Å². The summed E-state index contributed by atoms with van der Waals surface area (Å²) in [5.41, 5.74) is 8.75. The third-order valence-electron chi connectivity index (χ3n) is 3.02. The van der Waals surface area contributed by atoms with Crippen LogP contribution in [0.1, 0.15) is 10.4 Å². The first-order valence-corrected chi connectivity index (χ1v) is 8.17. The summed E-state index contributed by atoms with van der Waals surface area (Å²) >= 11 is 4.74. The molecule has 0 unspecified atom stereocenters. The fourth-order valence-electron chi connectivity index (χ4n) is 1.92. The van der Waals surface area contributed by atoms with Gasteiger partial charge in [0.15, 0.2) is 5.13 Å². The number of halogens is 1. The number of nitrogens with one attached hydrogen (secondary N) is 1. The SMILES string of the molecule is Nc1ccc(-c2csc(NC(=O)c3cccc(Br)c3)n2)cc1. The molecule has 3 aromatic rings. The van der Waals surface area contributed by atoms with Gasteiger partial charge in [0.1, 0.15) is 0 Å². The minimum atomic E-state index is -0.181. The molecule has 0 bridgehead atoms. The van der Waals surface area contributed by atoms with Crippen molar-refractivity contribution < 1.29 is 4.79 Å². The number of carbonyl (C=O) groups excluding carboxylic acids is 1. The maximum atomic E-state index is 12.2. The molecule has 0 aliphatic rings. The van der Waals surface area contributed by atoms with Crippen molar-refractivity contribution >= 4 is 44.0 Å². The first-order valence-electron chi connectivity index (χ1n) is 6.50. The van der Waals surface area contributed by atoms with Crippen molar-refractivity contribution in [3.05, 3.63) is 63.9 Å².